The number of ether oxygens (including phenoxy) is 1. The summed E-state index contributed by atoms with van der Waals surface area (Å²) in [5, 5.41) is 0. The van der Waals surface area contributed by atoms with Crippen molar-refractivity contribution in [3.8, 4) is 11.5 Å². The molecule has 0 radical (unpaired) electrons. The van der Waals surface area contributed by atoms with Gasteiger partial charge in [0.15, 0.2) is 0 Å². The second-order valence-electron chi connectivity index (χ2n) is 7.57. The molecule has 2 aromatic carbocycles. The predicted octanol–water partition coefficient (Wildman–Crippen LogP) is 3.85. The predicted molar refractivity (Wildman–Crippen MR) is 116 cm³/mol. The number of benzene rings is 2. The van der Waals surface area contributed by atoms with E-state index in [1.54, 1.807) is 12.1 Å². The number of unbranched alkanes of at least 4 members (excludes halogenated alkanes) is 9. The van der Waals surface area contributed by atoms with Gasteiger partial charge in [-0.15, -0.1) is 0 Å². The SMILES string of the molecule is CCCCCCCCCCCCc1cc(Oc2ccccc2)ccc1S(=O)(=O)[O-].[K+]. The van der Waals surface area contributed by atoms with E-state index in [9.17, 15) is 13.0 Å². The van der Waals surface area contributed by atoms with Gasteiger partial charge in [-0.1, -0.05) is 82.9 Å². The quantitative estimate of drug-likeness (QED) is 0.246. The maximum absolute atomic E-state index is 11.6. The summed E-state index contributed by atoms with van der Waals surface area (Å²) < 4.78 is 40.6. The Bertz CT molecular complexity index is 822. The molecule has 0 spiro atoms. The van der Waals surface area contributed by atoms with Gasteiger partial charge in [0.25, 0.3) is 0 Å². The fourth-order valence-corrected chi connectivity index (χ4v) is 4.20. The largest absolute Gasteiger partial charge is 1.00 e. The molecule has 0 saturated carbocycles. The molecule has 0 aromatic heterocycles. The second-order valence-corrected chi connectivity index (χ2v) is 8.92. The van der Waals surface area contributed by atoms with E-state index in [2.05, 4.69) is 6.92 Å². The van der Waals surface area contributed by atoms with Crippen molar-refractivity contribution in [1.29, 1.82) is 0 Å². The van der Waals surface area contributed by atoms with Crippen LogP contribution in [-0.2, 0) is 16.5 Å². The number of aryl methyl sites for hydroxylation is 1. The van der Waals surface area contributed by atoms with Gasteiger partial charge in [0.2, 0.25) is 0 Å². The Morgan fingerprint density at radius 1 is 0.767 bits per heavy atom. The van der Waals surface area contributed by atoms with Gasteiger partial charge in [-0.3, -0.25) is 0 Å². The molecule has 0 unspecified atom stereocenters. The zero-order valence-corrected chi connectivity index (χ0v) is 22.4. The average Bonchev–Trinajstić information content (AvgIpc) is 2.69. The first-order valence-electron chi connectivity index (χ1n) is 10.8. The maximum atomic E-state index is 11.6. The average molecular weight is 457 g/mol. The van der Waals surface area contributed by atoms with E-state index in [-0.39, 0.29) is 56.3 Å². The van der Waals surface area contributed by atoms with Crippen LogP contribution in [0.1, 0.15) is 76.7 Å². The van der Waals surface area contributed by atoms with Crippen LogP contribution in [0.3, 0.4) is 0 Å². The fourth-order valence-electron chi connectivity index (χ4n) is 3.49. The van der Waals surface area contributed by atoms with E-state index in [1.807, 2.05) is 30.3 Å². The number of hydrogen-bond acceptors (Lipinski definition) is 4. The molecule has 0 aliphatic carbocycles. The Morgan fingerprint density at radius 3 is 1.90 bits per heavy atom. The van der Waals surface area contributed by atoms with Gasteiger partial charge in [0.1, 0.15) is 21.6 Å². The van der Waals surface area contributed by atoms with Gasteiger partial charge in [0.05, 0.1) is 4.90 Å². The number of hydrogen-bond donors (Lipinski definition) is 0. The minimum Gasteiger partial charge on any atom is -0.744 e. The topological polar surface area (TPSA) is 66.4 Å². The van der Waals surface area contributed by atoms with Crippen LogP contribution in [0.15, 0.2) is 53.4 Å². The molecule has 0 aliphatic heterocycles. The van der Waals surface area contributed by atoms with Crippen LogP contribution >= 0.6 is 0 Å². The van der Waals surface area contributed by atoms with E-state index < -0.39 is 10.1 Å². The summed E-state index contributed by atoms with van der Waals surface area (Å²) in [7, 11) is -4.49. The van der Waals surface area contributed by atoms with Crippen molar-refractivity contribution < 1.29 is 69.1 Å². The smallest absolute Gasteiger partial charge is 0.744 e. The van der Waals surface area contributed by atoms with E-state index in [0.29, 0.717) is 23.5 Å². The molecule has 0 atom stereocenters. The van der Waals surface area contributed by atoms with Crippen LogP contribution < -0.4 is 56.1 Å². The molecule has 4 nitrogen and oxygen atoms in total. The zero-order chi connectivity index (χ0) is 21.0. The molecule has 6 heteroatoms. The fraction of sp³-hybridized carbons (Fsp3) is 0.500. The van der Waals surface area contributed by atoms with Crippen LogP contribution in [0.25, 0.3) is 0 Å². The van der Waals surface area contributed by atoms with Crippen molar-refractivity contribution in [2.24, 2.45) is 0 Å². The third kappa shape index (κ3) is 10.9. The van der Waals surface area contributed by atoms with Crippen molar-refractivity contribution in [3.63, 3.8) is 0 Å². The van der Waals surface area contributed by atoms with Gasteiger partial charge in [-0.25, -0.2) is 8.42 Å². The number of rotatable bonds is 14. The zero-order valence-electron chi connectivity index (χ0n) is 18.4. The van der Waals surface area contributed by atoms with Gasteiger partial charge in [0, 0.05) is 0 Å². The molecule has 0 N–H and O–H groups in total. The van der Waals surface area contributed by atoms with E-state index in [4.69, 9.17) is 4.74 Å². The summed E-state index contributed by atoms with van der Waals surface area (Å²) >= 11 is 0. The van der Waals surface area contributed by atoms with Crippen LogP contribution in [0.2, 0.25) is 0 Å². The van der Waals surface area contributed by atoms with Crippen molar-refractivity contribution in [2.45, 2.75) is 82.4 Å². The van der Waals surface area contributed by atoms with Crippen molar-refractivity contribution in [2.75, 3.05) is 0 Å². The monoisotopic (exact) mass is 456 g/mol. The normalized spacial score (nSPS) is 11.1. The molecule has 2 rings (SSSR count). The Labute approximate surface area is 225 Å². The maximum Gasteiger partial charge on any atom is 1.00 e. The molecule has 160 valence electrons. The summed E-state index contributed by atoms with van der Waals surface area (Å²) in [5.74, 6) is 1.22. The Morgan fingerprint density at radius 2 is 1.33 bits per heavy atom. The summed E-state index contributed by atoms with van der Waals surface area (Å²) in [6.45, 7) is 2.23. The van der Waals surface area contributed by atoms with Crippen molar-refractivity contribution >= 4 is 10.1 Å². The second kappa shape index (κ2) is 15.6. The molecule has 30 heavy (non-hydrogen) atoms. The molecule has 0 bridgehead atoms. The molecule has 0 saturated heterocycles. The molecular weight excluding hydrogens is 423 g/mol. The molecular formula is C24H33KO4S. The minimum atomic E-state index is -4.49. The third-order valence-corrected chi connectivity index (χ3v) is 6.02. The van der Waals surface area contributed by atoms with Crippen molar-refractivity contribution in [1.82, 2.24) is 0 Å². The number of para-hydroxylation sites is 1. The van der Waals surface area contributed by atoms with Gasteiger partial charge >= 0.3 is 51.4 Å². The Hall–Kier alpha value is -0.214. The van der Waals surface area contributed by atoms with Crippen LogP contribution in [0, 0.1) is 0 Å². The Balaban J connectivity index is 0.00000450. The summed E-state index contributed by atoms with van der Waals surface area (Å²) in [6.07, 6.45) is 12.7. The first-order valence-corrected chi connectivity index (χ1v) is 12.2. The van der Waals surface area contributed by atoms with E-state index >= 15 is 0 Å². The summed E-state index contributed by atoms with van der Waals surface area (Å²) in [6, 6.07) is 13.9. The first kappa shape index (κ1) is 27.8. The Kier molecular flexibility index (Phi) is 14.4. The third-order valence-electron chi connectivity index (χ3n) is 5.08. The van der Waals surface area contributed by atoms with Crippen LogP contribution in [0.4, 0.5) is 0 Å². The molecule has 0 fully saturated rings. The van der Waals surface area contributed by atoms with E-state index in [0.717, 1.165) is 19.3 Å². The van der Waals surface area contributed by atoms with E-state index in [1.165, 1.54) is 51.0 Å². The van der Waals surface area contributed by atoms with Crippen molar-refractivity contribution in [3.05, 3.63) is 54.1 Å². The summed E-state index contributed by atoms with van der Waals surface area (Å²) in [5.41, 5.74) is 0.549. The molecule has 0 heterocycles. The van der Waals surface area contributed by atoms with Gasteiger partial charge < -0.3 is 9.29 Å². The molecule has 2 aromatic rings. The minimum absolute atomic E-state index is 0. The first-order chi connectivity index (χ1) is 14.0. The van der Waals surface area contributed by atoms with Gasteiger partial charge in [-0.05, 0) is 48.7 Å². The molecule has 0 amide bonds. The standard InChI is InChI=1S/C24H34O4S.K/c1-2-3-4-5-6-7-8-9-10-12-15-21-20-23(18-19-24(21)29(25,26)27)28-22-16-13-11-14-17-22;/h11,13-14,16-20H,2-10,12,15H2,1H3,(H,25,26,27);/q;+1/p-1. The molecule has 0 aliphatic rings. The van der Waals surface area contributed by atoms with Crippen LogP contribution in [-0.4, -0.2) is 13.0 Å². The van der Waals surface area contributed by atoms with Crippen LogP contribution in [0.5, 0.6) is 11.5 Å². The summed E-state index contributed by atoms with van der Waals surface area (Å²) in [4.78, 5) is -0.131. The van der Waals surface area contributed by atoms with Gasteiger partial charge in [-0.2, -0.15) is 0 Å².